The van der Waals surface area contributed by atoms with Gasteiger partial charge in [-0.3, -0.25) is 4.98 Å². The van der Waals surface area contributed by atoms with Gasteiger partial charge < -0.3 is 0 Å². The summed E-state index contributed by atoms with van der Waals surface area (Å²) >= 11 is 0. The van der Waals surface area contributed by atoms with Crippen molar-refractivity contribution in [2.24, 2.45) is 0 Å². The maximum atomic E-state index is 4.53. The standard InChI is InChI=1S/C18H17N/c1-13(2)15-7-3-8-16(12-15)17-10-4-6-14-9-5-11-19-18(14)17/h3-13H,1-2H3. The molecule has 0 aliphatic heterocycles. The van der Waals surface area contributed by atoms with Crippen molar-refractivity contribution in [3.05, 3.63) is 66.4 Å². The molecule has 0 bridgehead atoms. The molecule has 1 heterocycles. The van der Waals surface area contributed by atoms with E-state index >= 15 is 0 Å². The first-order valence-electron chi connectivity index (χ1n) is 6.70. The number of hydrogen-bond donors (Lipinski definition) is 0. The van der Waals surface area contributed by atoms with Gasteiger partial charge in [0.2, 0.25) is 0 Å². The Bertz CT molecular complexity index is 708. The average Bonchev–Trinajstić information content (AvgIpc) is 2.47. The fourth-order valence-corrected chi connectivity index (χ4v) is 2.40. The summed E-state index contributed by atoms with van der Waals surface area (Å²) in [6.07, 6.45) is 1.86. The van der Waals surface area contributed by atoms with Crippen LogP contribution >= 0.6 is 0 Å². The summed E-state index contributed by atoms with van der Waals surface area (Å²) in [5.41, 5.74) is 4.90. The van der Waals surface area contributed by atoms with Gasteiger partial charge in [0.25, 0.3) is 0 Å². The molecule has 3 rings (SSSR count). The van der Waals surface area contributed by atoms with Crippen molar-refractivity contribution in [3.63, 3.8) is 0 Å². The molecule has 0 saturated heterocycles. The van der Waals surface area contributed by atoms with E-state index in [1.54, 1.807) is 0 Å². The molecule has 2 aromatic carbocycles. The molecule has 1 nitrogen and oxygen atoms in total. The minimum absolute atomic E-state index is 0.544. The van der Waals surface area contributed by atoms with Crippen LogP contribution in [0.3, 0.4) is 0 Å². The van der Waals surface area contributed by atoms with Gasteiger partial charge in [-0.25, -0.2) is 0 Å². The van der Waals surface area contributed by atoms with Crippen LogP contribution in [-0.2, 0) is 0 Å². The zero-order chi connectivity index (χ0) is 13.2. The molecule has 1 heteroatoms. The van der Waals surface area contributed by atoms with Gasteiger partial charge in [0.1, 0.15) is 0 Å². The summed E-state index contributed by atoms with van der Waals surface area (Å²) in [6, 6.07) is 19.2. The molecular weight excluding hydrogens is 230 g/mol. The first kappa shape index (κ1) is 11.9. The third-order valence-corrected chi connectivity index (χ3v) is 3.50. The van der Waals surface area contributed by atoms with Crippen LogP contribution in [0.5, 0.6) is 0 Å². The molecule has 19 heavy (non-hydrogen) atoms. The maximum Gasteiger partial charge on any atom is 0.0780 e. The van der Waals surface area contributed by atoms with E-state index in [-0.39, 0.29) is 0 Å². The van der Waals surface area contributed by atoms with Gasteiger partial charge in [-0.2, -0.15) is 0 Å². The average molecular weight is 247 g/mol. The molecule has 0 aliphatic carbocycles. The zero-order valence-corrected chi connectivity index (χ0v) is 11.3. The van der Waals surface area contributed by atoms with Gasteiger partial charge in [0, 0.05) is 17.1 Å². The third-order valence-electron chi connectivity index (χ3n) is 3.50. The fourth-order valence-electron chi connectivity index (χ4n) is 2.40. The highest BCUT2D eigenvalue weighted by Crippen LogP contribution is 2.29. The number of nitrogens with zero attached hydrogens (tertiary/aromatic N) is 1. The van der Waals surface area contributed by atoms with Crippen molar-refractivity contribution >= 4 is 10.9 Å². The van der Waals surface area contributed by atoms with Crippen LogP contribution in [-0.4, -0.2) is 4.98 Å². The first-order valence-corrected chi connectivity index (χ1v) is 6.70. The van der Waals surface area contributed by atoms with Crippen LogP contribution < -0.4 is 0 Å². The molecule has 0 N–H and O–H groups in total. The van der Waals surface area contributed by atoms with Gasteiger partial charge in [0.05, 0.1) is 5.52 Å². The number of para-hydroxylation sites is 1. The fraction of sp³-hybridized carbons (Fsp3) is 0.167. The second-order valence-corrected chi connectivity index (χ2v) is 5.16. The van der Waals surface area contributed by atoms with Crippen LogP contribution in [0.4, 0.5) is 0 Å². The zero-order valence-electron chi connectivity index (χ0n) is 11.3. The van der Waals surface area contributed by atoms with Gasteiger partial charge in [-0.05, 0) is 23.1 Å². The van der Waals surface area contributed by atoms with Gasteiger partial charge >= 0.3 is 0 Å². The SMILES string of the molecule is CC(C)c1cccc(-c2cccc3cccnc23)c1. The van der Waals surface area contributed by atoms with Crippen LogP contribution in [0.2, 0.25) is 0 Å². The third kappa shape index (κ3) is 2.24. The molecule has 0 atom stereocenters. The Morgan fingerprint density at radius 1 is 0.895 bits per heavy atom. The van der Waals surface area contributed by atoms with E-state index < -0.39 is 0 Å². The van der Waals surface area contributed by atoms with Crippen molar-refractivity contribution in [2.45, 2.75) is 19.8 Å². The monoisotopic (exact) mass is 247 g/mol. The number of benzene rings is 2. The molecule has 3 aromatic rings. The molecule has 0 fully saturated rings. The minimum Gasteiger partial charge on any atom is -0.256 e. The Morgan fingerprint density at radius 2 is 1.68 bits per heavy atom. The van der Waals surface area contributed by atoms with Crippen molar-refractivity contribution in [3.8, 4) is 11.1 Å². The largest absolute Gasteiger partial charge is 0.256 e. The normalized spacial score (nSPS) is 11.1. The predicted octanol–water partition coefficient (Wildman–Crippen LogP) is 5.03. The Hall–Kier alpha value is -2.15. The van der Waals surface area contributed by atoms with Crippen LogP contribution in [0.25, 0.3) is 22.0 Å². The summed E-state index contributed by atoms with van der Waals surface area (Å²) in [5.74, 6) is 0.544. The van der Waals surface area contributed by atoms with Crippen molar-refractivity contribution in [2.75, 3.05) is 0 Å². The van der Waals surface area contributed by atoms with E-state index in [0.717, 1.165) is 5.52 Å². The van der Waals surface area contributed by atoms with Crippen LogP contribution in [0.15, 0.2) is 60.8 Å². The Balaban J connectivity index is 2.22. The highest BCUT2D eigenvalue weighted by Gasteiger charge is 2.06. The van der Waals surface area contributed by atoms with Gasteiger partial charge in [-0.15, -0.1) is 0 Å². The van der Waals surface area contributed by atoms with Crippen molar-refractivity contribution in [1.82, 2.24) is 4.98 Å². The Morgan fingerprint density at radius 3 is 2.53 bits per heavy atom. The second kappa shape index (κ2) is 4.85. The molecule has 0 aliphatic rings. The predicted molar refractivity (Wildman–Crippen MR) is 81.3 cm³/mol. The minimum atomic E-state index is 0.544. The Labute approximate surface area is 113 Å². The number of aromatic nitrogens is 1. The molecule has 0 radical (unpaired) electrons. The highest BCUT2D eigenvalue weighted by atomic mass is 14.6. The summed E-state index contributed by atoms with van der Waals surface area (Å²) in [7, 11) is 0. The smallest absolute Gasteiger partial charge is 0.0780 e. The summed E-state index contributed by atoms with van der Waals surface area (Å²) < 4.78 is 0. The van der Waals surface area contributed by atoms with E-state index in [1.165, 1.54) is 22.1 Å². The second-order valence-electron chi connectivity index (χ2n) is 5.16. The Kier molecular flexibility index (Phi) is 3.04. The van der Waals surface area contributed by atoms with Gasteiger partial charge in [-0.1, -0.05) is 62.4 Å². The molecule has 0 amide bonds. The molecule has 0 spiro atoms. The molecular formula is C18H17N. The quantitative estimate of drug-likeness (QED) is 0.619. The van der Waals surface area contributed by atoms with Crippen LogP contribution in [0.1, 0.15) is 25.3 Å². The van der Waals surface area contributed by atoms with E-state index in [4.69, 9.17) is 0 Å². The number of hydrogen-bond acceptors (Lipinski definition) is 1. The topological polar surface area (TPSA) is 12.9 Å². The number of fused-ring (bicyclic) bond motifs is 1. The summed E-state index contributed by atoms with van der Waals surface area (Å²) in [4.78, 5) is 4.53. The molecule has 1 aromatic heterocycles. The van der Waals surface area contributed by atoms with E-state index in [2.05, 4.69) is 67.4 Å². The van der Waals surface area contributed by atoms with Crippen molar-refractivity contribution < 1.29 is 0 Å². The van der Waals surface area contributed by atoms with E-state index in [1.807, 2.05) is 12.3 Å². The van der Waals surface area contributed by atoms with Gasteiger partial charge in [0.15, 0.2) is 0 Å². The highest BCUT2D eigenvalue weighted by molar-refractivity contribution is 5.93. The lowest BCUT2D eigenvalue weighted by Crippen LogP contribution is -1.89. The van der Waals surface area contributed by atoms with Crippen LogP contribution in [0, 0.1) is 0 Å². The number of pyridine rings is 1. The molecule has 0 saturated carbocycles. The lowest BCUT2D eigenvalue weighted by atomic mass is 9.96. The summed E-state index contributed by atoms with van der Waals surface area (Å²) in [5, 5.41) is 1.19. The van der Waals surface area contributed by atoms with E-state index in [9.17, 15) is 0 Å². The molecule has 94 valence electrons. The summed E-state index contributed by atoms with van der Waals surface area (Å²) in [6.45, 7) is 4.45. The van der Waals surface area contributed by atoms with Crippen molar-refractivity contribution in [1.29, 1.82) is 0 Å². The lowest BCUT2D eigenvalue weighted by Gasteiger charge is -2.10. The van der Waals surface area contributed by atoms with E-state index in [0.29, 0.717) is 5.92 Å². The lowest BCUT2D eigenvalue weighted by molar-refractivity contribution is 0.867. The first-order chi connectivity index (χ1) is 9.25. The molecule has 0 unspecified atom stereocenters. The number of rotatable bonds is 2. The maximum absolute atomic E-state index is 4.53.